The Morgan fingerprint density at radius 3 is 3.00 bits per heavy atom. The Labute approximate surface area is 138 Å². The molecule has 4 rings (SSSR count). The second kappa shape index (κ2) is 5.33. The Kier molecular flexibility index (Phi) is 3.26. The lowest BCUT2D eigenvalue weighted by molar-refractivity contribution is -0.121. The third kappa shape index (κ3) is 2.14. The molecule has 1 aromatic heterocycles. The van der Waals surface area contributed by atoms with Crippen LogP contribution in [0.4, 0.5) is 11.4 Å². The Morgan fingerprint density at radius 1 is 1.38 bits per heavy atom. The van der Waals surface area contributed by atoms with E-state index in [0.717, 1.165) is 11.4 Å². The summed E-state index contributed by atoms with van der Waals surface area (Å²) in [5, 5.41) is 7.09. The summed E-state index contributed by atoms with van der Waals surface area (Å²) in [6.45, 7) is 2.66. The molecule has 2 aliphatic heterocycles. The van der Waals surface area contributed by atoms with Crippen molar-refractivity contribution in [3.63, 3.8) is 0 Å². The number of aryl methyl sites for hydroxylation is 1. The molecule has 1 aromatic carbocycles. The van der Waals surface area contributed by atoms with Crippen molar-refractivity contribution in [2.45, 2.75) is 25.8 Å². The lowest BCUT2D eigenvalue weighted by atomic mass is 9.88. The Bertz CT molecular complexity index is 844. The molecule has 0 saturated heterocycles. The van der Waals surface area contributed by atoms with Gasteiger partial charge in [-0.05, 0) is 18.6 Å². The number of nitrogens with one attached hydrogen (secondary N) is 1. The van der Waals surface area contributed by atoms with Gasteiger partial charge in [-0.2, -0.15) is 5.10 Å². The molecule has 0 radical (unpaired) electrons. The average Bonchev–Trinajstić information content (AvgIpc) is 3.05. The standard InChI is InChI=1S/C16H17N5O3/c1-3-21-16(17-8-18-21)10-5-14(22)19-11-6-13-12(4-9(10)11)20(2)15(23)7-24-13/h4,6,8,10H,3,5,7H2,1-2H3,(H,19,22). The number of nitrogens with zero attached hydrogens (tertiary/aromatic N) is 4. The highest BCUT2D eigenvalue weighted by Crippen LogP contribution is 2.43. The summed E-state index contributed by atoms with van der Waals surface area (Å²) in [6.07, 6.45) is 1.80. The van der Waals surface area contributed by atoms with Gasteiger partial charge in [-0.15, -0.1) is 0 Å². The first-order valence-electron chi connectivity index (χ1n) is 7.83. The second-order valence-corrected chi connectivity index (χ2v) is 5.89. The number of amides is 2. The Morgan fingerprint density at radius 2 is 2.21 bits per heavy atom. The van der Waals surface area contributed by atoms with E-state index in [-0.39, 0.29) is 24.3 Å². The first-order chi connectivity index (χ1) is 11.6. The van der Waals surface area contributed by atoms with Crippen LogP contribution in [0.15, 0.2) is 18.5 Å². The lowest BCUT2D eigenvalue weighted by Crippen LogP contribution is -2.36. The summed E-state index contributed by atoms with van der Waals surface area (Å²) in [6, 6.07) is 3.69. The van der Waals surface area contributed by atoms with Gasteiger partial charge in [0.1, 0.15) is 17.9 Å². The van der Waals surface area contributed by atoms with Gasteiger partial charge in [-0.1, -0.05) is 0 Å². The van der Waals surface area contributed by atoms with Crippen molar-refractivity contribution >= 4 is 23.2 Å². The van der Waals surface area contributed by atoms with Crippen molar-refractivity contribution in [3.05, 3.63) is 29.8 Å². The molecule has 0 bridgehead atoms. The summed E-state index contributed by atoms with van der Waals surface area (Å²) in [5.74, 6) is 0.967. The van der Waals surface area contributed by atoms with Crippen LogP contribution in [0.5, 0.6) is 5.75 Å². The summed E-state index contributed by atoms with van der Waals surface area (Å²) in [7, 11) is 1.72. The minimum Gasteiger partial charge on any atom is -0.481 e. The number of carbonyl (C=O) groups excluding carboxylic acids is 2. The molecule has 3 heterocycles. The van der Waals surface area contributed by atoms with Crippen LogP contribution in [0.1, 0.15) is 30.7 Å². The number of anilines is 2. The quantitative estimate of drug-likeness (QED) is 0.893. The van der Waals surface area contributed by atoms with Gasteiger partial charge in [0.05, 0.1) is 11.6 Å². The minimum absolute atomic E-state index is 0.00379. The molecular formula is C16H17N5O3. The minimum atomic E-state index is -0.202. The van der Waals surface area contributed by atoms with E-state index in [2.05, 4.69) is 15.4 Å². The summed E-state index contributed by atoms with van der Waals surface area (Å²) in [5.41, 5.74) is 2.32. The van der Waals surface area contributed by atoms with Gasteiger partial charge in [0.25, 0.3) is 5.91 Å². The molecule has 1 atom stereocenters. The smallest absolute Gasteiger partial charge is 0.264 e. The number of likely N-dealkylation sites (N-methyl/N-ethyl adjacent to an activating group) is 1. The first kappa shape index (κ1) is 14.7. The monoisotopic (exact) mass is 327 g/mol. The van der Waals surface area contributed by atoms with E-state index in [4.69, 9.17) is 4.74 Å². The number of rotatable bonds is 2. The fourth-order valence-electron chi connectivity index (χ4n) is 3.24. The van der Waals surface area contributed by atoms with E-state index in [1.54, 1.807) is 22.7 Å². The van der Waals surface area contributed by atoms with Gasteiger partial charge in [0.15, 0.2) is 6.61 Å². The normalized spacial score (nSPS) is 19.4. The van der Waals surface area contributed by atoms with E-state index in [1.165, 1.54) is 6.33 Å². The number of benzene rings is 1. The number of aromatic nitrogens is 3. The lowest BCUT2D eigenvalue weighted by Gasteiger charge is -2.31. The molecule has 8 heteroatoms. The van der Waals surface area contributed by atoms with E-state index in [1.807, 2.05) is 13.0 Å². The van der Waals surface area contributed by atoms with Crippen molar-refractivity contribution in [1.82, 2.24) is 14.8 Å². The molecule has 2 aliphatic rings. The predicted octanol–water partition coefficient (Wildman–Crippen LogP) is 1.13. The van der Waals surface area contributed by atoms with E-state index >= 15 is 0 Å². The van der Waals surface area contributed by atoms with Gasteiger partial charge in [0.2, 0.25) is 5.91 Å². The van der Waals surface area contributed by atoms with E-state index in [9.17, 15) is 9.59 Å². The number of hydrogen-bond donors (Lipinski definition) is 1. The fraction of sp³-hybridized carbons (Fsp3) is 0.375. The van der Waals surface area contributed by atoms with Gasteiger partial charge in [-0.3, -0.25) is 9.59 Å². The second-order valence-electron chi connectivity index (χ2n) is 5.89. The van der Waals surface area contributed by atoms with Crippen molar-refractivity contribution in [1.29, 1.82) is 0 Å². The molecule has 8 nitrogen and oxygen atoms in total. The molecule has 124 valence electrons. The SMILES string of the molecule is CCn1ncnc1C1CC(=O)Nc2cc3c(cc21)N(C)C(=O)CO3. The summed E-state index contributed by atoms with van der Waals surface area (Å²) >= 11 is 0. The third-order valence-electron chi connectivity index (χ3n) is 4.51. The predicted molar refractivity (Wildman–Crippen MR) is 86.1 cm³/mol. The number of fused-ring (bicyclic) bond motifs is 2. The van der Waals surface area contributed by atoms with Crippen LogP contribution in [0, 0.1) is 0 Å². The Hall–Kier alpha value is -2.90. The average molecular weight is 327 g/mol. The van der Waals surface area contributed by atoms with E-state index in [0.29, 0.717) is 30.1 Å². The molecule has 0 saturated carbocycles. The largest absolute Gasteiger partial charge is 0.481 e. The van der Waals surface area contributed by atoms with E-state index < -0.39 is 0 Å². The highest BCUT2D eigenvalue weighted by Gasteiger charge is 2.33. The molecule has 0 fully saturated rings. The first-order valence-corrected chi connectivity index (χ1v) is 7.83. The van der Waals surface area contributed by atoms with Gasteiger partial charge in [-0.25, -0.2) is 9.67 Å². The molecule has 24 heavy (non-hydrogen) atoms. The summed E-state index contributed by atoms with van der Waals surface area (Å²) in [4.78, 5) is 30.0. The van der Waals surface area contributed by atoms with Crippen LogP contribution >= 0.6 is 0 Å². The highest BCUT2D eigenvalue weighted by molar-refractivity contribution is 6.00. The van der Waals surface area contributed by atoms with Crippen LogP contribution in [0.2, 0.25) is 0 Å². The van der Waals surface area contributed by atoms with Gasteiger partial charge in [0, 0.05) is 31.8 Å². The molecule has 2 amide bonds. The zero-order valence-corrected chi connectivity index (χ0v) is 13.4. The van der Waals surface area contributed by atoms with Crippen LogP contribution in [0.25, 0.3) is 0 Å². The Balaban J connectivity index is 1.87. The van der Waals surface area contributed by atoms with Crippen molar-refractivity contribution in [2.24, 2.45) is 0 Å². The van der Waals surface area contributed by atoms with Crippen molar-refractivity contribution in [3.8, 4) is 5.75 Å². The zero-order valence-electron chi connectivity index (χ0n) is 13.4. The highest BCUT2D eigenvalue weighted by atomic mass is 16.5. The number of ether oxygens (including phenoxy) is 1. The fourth-order valence-corrected chi connectivity index (χ4v) is 3.24. The van der Waals surface area contributed by atoms with Crippen molar-refractivity contribution < 1.29 is 14.3 Å². The molecule has 1 N–H and O–H groups in total. The van der Waals surface area contributed by atoms with Crippen molar-refractivity contribution in [2.75, 3.05) is 23.9 Å². The maximum Gasteiger partial charge on any atom is 0.264 e. The van der Waals surface area contributed by atoms with Crippen LogP contribution in [-0.4, -0.2) is 40.2 Å². The topological polar surface area (TPSA) is 89.4 Å². The number of carbonyl (C=O) groups is 2. The zero-order chi connectivity index (χ0) is 16.8. The molecule has 1 unspecified atom stereocenters. The maximum atomic E-state index is 12.1. The molecular weight excluding hydrogens is 310 g/mol. The van der Waals surface area contributed by atoms with Crippen LogP contribution in [-0.2, 0) is 16.1 Å². The molecule has 0 aliphatic carbocycles. The maximum absolute atomic E-state index is 12.1. The molecule has 0 spiro atoms. The summed E-state index contributed by atoms with van der Waals surface area (Å²) < 4.78 is 7.29. The number of hydrogen-bond acceptors (Lipinski definition) is 5. The van der Waals surface area contributed by atoms with Gasteiger partial charge < -0.3 is 15.0 Å². The third-order valence-corrected chi connectivity index (χ3v) is 4.51. The van der Waals surface area contributed by atoms with Crippen LogP contribution < -0.4 is 15.0 Å². The molecule has 2 aromatic rings. The van der Waals surface area contributed by atoms with Crippen LogP contribution in [0.3, 0.4) is 0 Å². The van der Waals surface area contributed by atoms with Gasteiger partial charge >= 0.3 is 0 Å².